The highest BCUT2D eigenvalue weighted by atomic mass is 32.2. The number of rotatable bonds is 4. The molecule has 5 nitrogen and oxygen atoms in total. The fourth-order valence-corrected chi connectivity index (χ4v) is 3.05. The average molecular weight is 283 g/mol. The summed E-state index contributed by atoms with van der Waals surface area (Å²) < 4.78 is 25.2. The lowest BCUT2D eigenvalue weighted by Crippen LogP contribution is -2.35. The molecule has 106 valence electrons. The molecule has 6 heteroatoms. The Morgan fingerprint density at radius 3 is 2.53 bits per heavy atom. The lowest BCUT2D eigenvalue weighted by molar-refractivity contribution is 0.409. The summed E-state index contributed by atoms with van der Waals surface area (Å²) >= 11 is 0. The number of hydrogen-bond acceptors (Lipinski definition) is 4. The van der Waals surface area contributed by atoms with E-state index in [0.717, 1.165) is 37.6 Å². The van der Waals surface area contributed by atoms with Gasteiger partial charge in [0.15, 0.2) is 0 Å². The molecular weight excluding hydrogens is 262 g/mol. The van der Waals surface area contributed by atoms with E-state index in [1.165, 1.54) is 0 Å². The fourth-order valence-electron chi connectivity index (χ4n) is 2.48. The third-order valence-electron chi connectivity index (χ3n) is 3.30. The van der Waals surface area contributed by atoms with E-state index in [0.29, 0.717) is 11.7 Å². The van der Waals surface area contributed by atoms with E-state index in [1.807, 2.05) is 18.2 Å². The molecule has 0 spiro atoms. The topological polar surface area (TPSA) is 84.2 Å². The van der Waals surface area contributed by atoms with Crippen LogP contribution in [0.4, 0.5) is 11.4 Å². The maximum absolute atomic E-state index is 11.3. The predicted octanol–water partition coefficient (Wildman–Crippen LogP) is 1.74. The first-order chi connectivity index (χ1) is 8.94. The molecule has 0 aliphatic heterocycles. The molecular formula is C13H21N3O2S. The second-order valence-electron chi connectivity index (χ2n) is 5.19. The lowest BCUT2D eigenvalue weighted by Gasteiger charge is -2.29. The van der Waals surface area contributed by atoms with E-state index in [9.17, 15) is 8.42 Å². The Morgan fingerprint density at radius 2 is 1.89 bits per heavy atom. The molecule has 19 heavy (non-hydrogen) atoms. The summed E-state index contributed by atoms with van der Waals surface area (Å²) in [4.78, 5) is 0. The predicted molar refractivity (Wildman–Crippen MR) is 78.8 cm³/mol. The number of para-hydroxylation sites is 2. The van der Waals surface area contributed by atoms with E-state index in [1.54, 1.807) is 6.07 Å². The van der Waals surface area contributed by atoms with Crippen LogP contribution in [0.25, 0.3) is 0 Å². The minimum atomic E-state index is -3.27. The summed E-state index contributed by atoms with van der Waals surface area (Å²) in [6, 6.07) is 7.89. The second kappa shape index (κ2) is 5.79. The summed E-state index contributed by atoms with van der Waals surface area (Å²) in [6.07, 6.45) is 5.33. The van der Waals surface area contributed by atoms with Crippen molar-refractivity contribution in [3.05, 3.63) is 24.3 Å². The van der Waals surface area contributed by atoms with Crippen molar-refractivity contribution in [3.63, 3.8) is 0 Å². The molecule has 0 bridgehead atoms. The first-order valence-corrected chi connectivity index (χ1v) is 8.42. The number of nitrogens with one attached hydrogen (secondary N) is 2. The smallest absolute Gasteiger partial charge is 0.229 e. The summed E-state index contributed by atoms with van der Waals surface area (Å²) in [5, 5.41) is 3.40. The van der Waals surface area contributed by atoms with Crippen molar-refractivity contribution >= 4 is 21.4 Å². The van der Waals surface area contributed by atoms with Gasteiger partial charge in [-0.1, -0.05) is 12.1 Å². The first-order valence-electron chi connectivity index (χ1n) is 6.53. The van der Waals surface area contributed by atoms with Crippen molar-refractivity contribution in [2.75, 3.05) is 16.3 Å². The summed E-state index contributed by atoms with van der Waals surface area (Å²) in [6.45, 7) is 0. The van der Waals surface area contributed by atoms with Crippen LogP contribution in [-0.2, 0) is 10.0 Å². The van der Waals surface area contributed by atoms with Gasteiger partial charge in [-0.2, -0.15) is 0 Å². The maximum Gasteiger partial charge on any atom is 0.229 e. The Labute approximate surface area is 114 Å². The third-order valence-corrected chi connectivity index (χ3v) is 3.89. The molecule has 1 aliphatic rings. The fraction of sp³-hybridized carbons (Fsp3) is 0.538. The van der Waals surface area contributed by atoms with Crippen LogP contribution in [0, 0.1) is 0 Å². The molecule has 0 saturated heterocycles. The van der Waals surface area contributed by atoms with Gasteiger partial charge in [0.2, 0.25) is 10.0 Å². The van der Waals surface area contributed by atoms with Crippen LogP contribution in [-0.4, -0.2) is 26.8 Å². The van der Waals surface area contributed by atoms with Gasteiger partial charge in [0.1, 0.15) is 0 Å². The molecule has 0 heterocycles. The Hall–Kier alpha value is -1.27. The Morgan fingerprint density at radius 1 is 1.21 bits per heavy atom. The van der Waals surface area contributed by atoms with Crippen LogP contribution in [0.1, 0.15) is 25.7 Å². The molecule has 1 aliphatic carbocycles. The van der Waals surface area contributed by atoms with Crippen LogP contribution >= 0.6 is 0 Å². The van der Waals surface area contributed by atoms with Gasteiger partial charge < -0.3 is 11.1 Å². The SMILES string of the molecule is CS(=O)(=O)Nc1ccccc1NC1CCCC(N)C1. The molecule has 2 unspecified atom stereocenters. The lowest BCUT2D eigenvalue weighted by atomic mass is 9.91. The van der Waals surface area contributed by atoms with Crippen LogP contribution in [0.3, 0.4) is 0 Å². The molecule has 0 amide bonds. The maximum atomic E-state index is 11.3. The van der Waals surface area contributed by atoms with Crippen LogP contribution < -0.4 is 15.8 Å². The van der Waals surface area contributed by atoms with E-state index in [4.69, 9.17) is 5.73 Å². The molecule has 1 fully saturated rings. The summed E-state index contributed by atoms with van der Waals surface area (Å²) in [7, 11) is -3.27. The quantitative estimate of drug-likeness (QED) is 0.786. The number of nitrogens with two attached hydrogens (primary N) is 1. The van der Waals surface area contributed by atoms with Gasteiger partial charge in [-0.15, -0.1) is 0 Å². The van der Waals surface area contributed by atoms with Gasteiger partial charge in [0.05, 0.1) is 17.6 Å². The highest BCUT2D eigenvalue weighted by molar-refractivity contribution is 7.92. The van der Waals surface area contributed by atoms with Crippen LogP contribution in [0.15, 0.2) is 24.3 Å². The summed E-state index contributed by atoms with van der Waals surface area (Å²) in [5.74, 6) is 0. The van der Waals surface area contributed by atoms with Crippen LogP contribution in [0.2, 0.25) is 0 Å². The summed E-state index contributed by atoms with van der Waals surface area (Å²) in [5.41, 5.74) is 7.37. The molecule has 1 saturated carbocycles. The number of sulfonamides is 1. The highest BCUT2D eigenvalue weighted by Gasteiger charge is 2.20. The highest BCUT2D eigenvalue weighted by Crippen LogP contribution is 2.26. The molecule has 1 aromatic carbocycles. The Bertz CT molecular complexity index is 530. The molecule has 2 atom stereocenters. The zero-order chi connectivity index (χ0) is 13.9. The van der Waals surface area contributed by atoms with Crippen molar-refractivity contribution in [3.8, 4) is 0 Å². The van der Waals surface area contributed by atoms with Gasteiger partial charge in [-0.3, -0.25) is 4.72 Å². The minimum Gasteiger partial charge on any atom is -0.381 e. The second-order valence-corrected chi connectivity index (χ2v) is 6.94. The van der Waals surface area contributed by atoms with Crippen molar-refractivity contribution in [2.24, 2.45) is 5.73 Å². The third kappa shape index (κ3) is 4.40. The van der Waals surface area contributed by atoms with E-state index < -0.39 is 10.0 Å². The molecule has 1 aromatic rings. The number of benzene rings is 1. The average Bonchev–Trinajstić information content (AvgIpc) is 2.30. The van der Waals surface area contributed by atoms with Gasteiger partial charge in [0, 0.05) is 12.1 Å². The van der Waals surface area contributed by atoms with E-state index >= 15 is 0 Å². The molecule has 4 N–H and O–H groups in total. The number of hydrogen-bond donors (Lipinski definition) is 3. The Balaban J connectivity index is 2.11. The monoisotopic (exact) mass is 283 g/mol. The standard InChI is InChI=1S/C13H21N3O2S/c1-19(17,18)16-13-8-3-2-7-12(13)15-11-6-4-5-10(14)9-11/h2-3,7-8,10-11,15-16H,4-6,9,14H2,1H3. The first kappa shape index (κ1) is 14.1. The molecule has 2 rings (SSSR count). The zero-order valence-electron chi connectivity index (χ0n) is 11.1. The van der Waals surface area contributed by atoms with E-state index in [-0.39, 0.29) is 6.04 Å². The van der Waals surface area contributed by atoms with Gasteiger partial charge in [-0.05, 0) is 37.8 Å². The molecule has 0 aromatic heterocycles. The van der Waals surface area contributed by atoms with Crippen molar-refractivity contribution in [1.29, 1.82) is 0 Å². The van der Waals surface area contributed by atoms with E-state index in [2.05, 4.69) is 10.0 Å². The number of anilines is 2. The van der Waals surface area contributed by atoms with Gasteiger partial charge in [0.25, 0.3) is 0 Å². The Kier molecular flexibility index (Phi) is 4.31. The van der Waals surface area contributed by atoms with Crippen molar-refractivity contribution in [2.45, 2.75) is 37.8 Å². The van der Waals surface area contributed by atoms with Crippen LogP contribution in [0.5, 0.6) is 0 Å². The van der Waals surface area contributed by atoms with Gasteiger partial charge in [-0.25, -0.2) is 8.42 Å². The normalized spacial score (nSPS) is 23.9. The minimum absolute atomic E-state index is 0.237. The van der Waals surface area contributed by atoms with Crippen molar-refractivity contribution in [1.82, 2.24) is 0 Å². The molecule has 0 radical (unpaired) electrons. The van der Waals surface area contributed by atoms with Gasteiger partial charge >= 0.3 is 0 Å². The largest absolute Gasteiger partial charge is 0.381 e. The van der Waals surface area contributed by atoms with Crippen molar-refractivity contribution < 1.29 is 8.42 Å². The zero-order valence-corrected chi connectivity index (χ0v) is 11.9.